The Kier molecular flexibility index (Phi) is 5.76. The normalized spacial score (nSPS) is 10.3. The van der Waals surface area contributed by atoms with Gasteiger partial charge in [0.1, 0.15) is 10.6 Å². The van der Waals surface area contributed by atoms with Crippen molar-refractivity contribution in [2.24, 2.45) is 0 Å². The third-order valence-corrected chi connectivity index (χ3v) is 4.60. The van der Waals surface area contributed by atoms with Gasteiger partial charge in [-0.1, -0.05) is 36.4 Å². The van der Waals surface area contributed by atoms with Crippen LogP contribution >= 0.6 is 11.3 Å². The highest BCUT2D eigenvalue weighted by Crippen LogP contribution is 2.36. The van der Waals surface area contributed by atoms with Gasteiger partial charge in [0.25, 0.3) is 0 Å². The lowest BCUT2D eigenvalue weighted by molar-refractivity contribution is -0.115. The van der Waals surface area contributed by atoms with Gasteiger partial charge >= 0.3 is 5.97 Å². The van der Waals surface area contributed by atoms with Gasteiger partial charge in [-0.25, -0.2) is 4.79 Å². The lowest BCUT2D eigenvalue weighted by Gasteiger charge is -2.09. The molecule has 1 aromatic carbocycles. The first-order valence-corrected chi connectivity index (χ1v) is 9.09. The molecule has 5 nitrogen and oxygen atoms in total. The average Bonchev–Trinajstić information content (AvgIpc) is 3.07. The van der Waals surface area contributed by atoms with Gasteiger partial charge in [-0.2, -0.15) is 0 Å². The summed E-state index contributed by atoms with van der Waals surface area (Å²) in [5.41, 5.74) is 2.78. The minimum Gasteiger partial charge on any atom is -0.462 e. The summed E-state index contributed by atoms with van der Waals surface area (Å²) in [4.78, 5) is 29.0. The van der Waals surface area contributed by atoms with Gasteiger partial charge in [-0.15, -0.1) is 11.3 Å². The van der Waals surface area contributed by atoms with Crippen LogP contribution in [-0.4, -0.2) is 23.5 Å². The summed E-state index contributed by atoms with van der Waals surface area (Å²) in [6.45, 7) is 2.01. The minimum atomic E-state index is -0.456. The van der Waals surface area contributed by atoms with Crippen LogP contribution in [0.25, 0.3) is 11.1 Å². The van der Waals surface area contributed by atoms with Crippen molar-refractivity contribution in [2.75, 3.05) is 11.9 Å². The van der Waals surface area contributed by atoms with Crippen molar-refractivity contribution < 1.29 is 14.3 Å². The molecule has 3 rings (SSSR count). The molecule has 132 valence electrons. The number of ether oxygens (including phenoxy) is 1. The van der Waals surface area contributed by atoms with Crippen LogP contribution in [0.3, 0.4) is 0 Å². The number of anilines is 1. The fraction of sp³-hybridized carbons (Fsp3) is 0.150. The first-order chi connectivity index (χ1) is 12.7. The van der Waals surface area contributed by atoms with E-state index in [-0.39, 0.29) is 18.9 Å². The Bertz CT molecular complexity index is 892. The summed E-state index contributed by atoms with van der Waals surface area (Å²) in [7, 11) is 0. The molecule has 6 heteroatoms. The highest BCUT2D eigenvalue weighted by Gasteiger charge is 2.22. The van der Waals surface area contributed by atoms with Crippen LogP contribution < -0.4 is 5.32 Å². The van der Waals surface area contributed by atoms with Crippen molar-refractivity contribution in [3.63, 3.8) is 0 Å². The standard InChI is InChI=1S/C20H18N2O3S/c1-2-25-20(24)18-16(15-9-6-10-21-12-15)13-26-19(18)22-17(23)11-14-7-4-3-5-8-14/h3-10,12-13H,2,11H2,1H3,(H,22,23). The van der Waals surface area contributed by atoms with E-state index in [1.54, 1.807) is 25.4 Å². The molecule has 3 aromatic rings. The summed E-state index contributed by atoms with van der Waals surface area (Å²) >= 11 is 1.30. The molecule has 0 aliphatic heterocycles. The van der Waals surface area contributed by atoms with Crippen LogP contribution in [0, 0.1) is 0 Å². The second-order valence-electron chi connectivity index (χ2n) is 5.53. The first kappa shape index (κ1) is 17.8. The summed E-state index contributed by atoms with van der Waals surface area (Å²) in [6.07, 6.45) is 3.59. The average molecular weight is 366 g/mol. The van der Waals surface area contributed by atoms with Crippen LogP contribution in [-0.2, 0) is 16.0 Å². The van der Waals surface area contributed by atoms with E-state index in [9.17, 15) is 9.59 Å². The molecular formula is C20H18N2O3S. The first-order valence-electron chi connectivity index (χ1n) is 8.21. The number of hydrogen-bond donors (Lipinski definition) is 1. The maximum atomic E-state index is 12.5. The van der Waals surface area contributed by atoms with Crippen molar-refractivity contribution in [1.82, 2.24) is 4.98 Å². The van der Waals surface area contributed by atoms with Crippen LogP contribution in [0.2, 0.25) is 0 Å². The number of esters is 1. The van der Waals surface area contributed by atoms with Crippen LogP contribution in [0.4, 0.5) is 5.00 Å². The lowest BCUT2D eigenvalue weighted by Crippen LogP contribution is -2.16. The maximum Gasteiger partial charge on any atom is 0.341 e. The van der Waals surface area contributed by atoms with Crippen molar-refractivity contribution in [2.45, 2.75) is 13.3 Å². The zero-order valence-corrected chi connectivity index (χ0v) is 15.1. The van der Waals surface area contributed by atoms with E-state index < -0.39 is 5.97 Å². The molecule has 0 saturated carbocycles. The van der Waals surface area contributed by atoms with E-state index in [1.807, 2.05) is 41.8 Å². The number of nitrogens with one attached hydrogen (secondary N) is 1. The van der Waals surface area contributed by atoms with Crippen LogP contribution in [0.1, 0.15) is 22.8 Å². The quantitative estimate of drug-likeness (QED) is 0.665. The predicted octanol–water partition coefficient (Wildman–Crippen LogP) is 4.17. The van der Waals surface area contributed by atoms with Gasteiger partial charge in [0, 0.05) is 28.9 Å². The molecule has 0 spiro atoms. The Morgan fingerprint density at radius 2 is 1.96 bits per heavy atom. The molecule has 2 aromatic heterocycles. The van der Waals surface area contributed by atoms with E-state index in [4.69, 9.17) is 4.74 Å². The maximum absolute atomic E-state index is 12.5. The van der Waals surface area contributed by atoms with Gasteiger partial charge in [-0.05, 0) is 18.6 Å². The van der Waals surface area contributed by atoms with Gasteiger partial charge in [-0.3, -0.25) is 9.78 Å². The Morgan fingerprint density at radius 3 is 2.65 bits per heavy atom. The van der Waals surface area contributed by atoms with E-state index in [0.717, 1.165) is 11.1 Å². The Morgan fingerprint density at radius 1 is 1.15 bits per heavy atom. The number of hydrogen-bond acceptors (Lipinski definition) is 5. The van der Waals surface area contributed by atoms with Crippen LogP contribution in [0.5, 0.6) is 0 Å². The number of carbonyl (C=O) groups excluding carboxylic acids is 2. The number of carbonyl (C=O) groups is 2. The fourth-order valence-corrected chi connectivity index (χ4v) is 3.52. The summed E-state index contributed by atoms with van der Waals surface area (Å²) in [5.74, 6) is -0.635. The minimum absolute atomic E-state index is 0.179. The van der Waals surface area contributed by atoms with Gasteiger partial charge < -0.3 is 10.1 Å². The van der Waals surface area contributed by atoms with Crippen molar-refractivity contribution in [3.05, 3.63) is 71.4 Å². The van der Waals surface area contributed by atoms with Gasteiger partial charge in [0.05, 0.1) is 13.0 Å². The number of benzene rings is 1. The monoisotopic (exact) mass is 366 g/mol. The topological polar surface area (TPSA) is 68.3 Å². The number of aromatic nitrogens is 1. The number of amides is 1. The number of thiophene rings is 1. The molecule has 0 aliphatic rings. The molecule has 0 aliphatic carbocycles. The zero-order chi connectivity index (χ0) is 18.4. The van der Waals surface area contributed by atoms with Gasteiger partial charge in [0.15, 0.2) is 0 Å². The van der Waals surface area contributed by atoms with E-state index in [0.29, 0.717) is 16.1 Å². The predicted molar refractivity (Wildman–Crippen MR) is 102 cm³/mol. The number of nitrogens with zero attached hydrogens (tertiary/aromatic N) is 1. The van der Waals surface area contributed by atoms with Gasteiger partial charge in [0.2, 0.25) is 5.91 Å². The molecule has 0 atom stereocenters. The molecule has 2 heterocycles. The van der Waals surface area contributed by atoms with E-state index in [2.05, 4.69) is 10.3 Å². The van der Waals surface area contributed by atoms with Crippen molar-refractivity contribution in [3.8, 4) is 11.1 Å². The van der Waals surface area contributed by atoms with E-state index in [1.165, 1.54) is 11.3 Å². The Hall–Kier alpha value is -2.99. The van der Waals surface area contributed by atoms with Crippen LogP contribution in [0.15, 0.2) is 60.2 Å². The summed E-state index contributed by atoms with van der Waals surface area (Å²) < 4.78 is 5.18. The molecule has 0 saturated heterocycles. The zero-order valence-electron chi connectivity index (χ0n) is 14.3. The molecule has 0 radical (unpaired) electrons. The molecule has 0 bridgehead atoms. The Balaban J connectivity index is 1.88. The fourth-order valence-electron chi connectivity index (χ4n) is 2.54. The highest BCUT2D eigenvalue weighted by atomic mass is 32.1. The smallest absolute Gasteiger partial charge is 0.341 e. The number of rotatable bonds is 6. The van der Waals surface area contributed by atoms with Crippen molar-refractivity contribution >= 4 is 28.2 Å². The van der Waals surface area contributed by atoms with E-state index >= 15 is 0 Å². The second kappa shape index (κ2) is 8.40. The second-order valence-corrected chi connectivity index (χ2v) is 6.41. The third kappa shape index (κ3) is 4.15. The molecular weight excluding hydrogens is 348 g/mol. The molecule has 26 heavy (non-hydrogen) atoms. The largest absolute Gasteiger partial charge is 0.462 e. The summed E-state index contributed by atoms with van der Waals surface area (Å²) in [5, 5.41) is 5.17. The van der Waals surface area contributed by atoms with Crippen molar-refractivity contribution in [1.29, 1.82) is 0 Å². The molecule has 1 N–H and O–H groups in total. The lowest BCUT2D eigenvalue weighted by atomic mass is 10.1. The number of pyridine rings is 1. The molecule has 1 amide bonds. The third-order valence-electron chi connectivity index (χ3n) is 3.70. The molecule has 0 unspecified atom stereocenters. The Labute approximate surface area is 155 Å². The summed E-state index contributed by atoms with van der Waals surface area (Å²) in [6, 6.07) is 13.1. The molecule has 0 fully saturated rings. The SMILES string of the molecule is CCOC(=O)c1c(-c2cccnc2)csc1NC(=O)Cc1ccccc1. The highest BCUT2D eigenvalue weighted by molar-refractivity contribution is 7.15.